The SMILES string of the molecule is CCNC(=NCc1cccc(-c2ncn[nH]2)c1)NCCCn1cccn1.I. The summed E-state index contributed by atoms with van der Waals surface area (Å²) in [7, 11) is 0. The zero-order chi connectivity index (χ0) is 18.0. The van der Waals surface area contributed by atoms with E-state index >= 15 is 0 Å². The fraction of sp³-hybridized carbons (Fsp3) is 0.333. The third kappa shape index (κ3) is 6.66. The first-order chi connectivity index (χ1) is 12.8. The van der Waals surface area contributed by atoms with Crippen molar-refractivity contribution in [2.24, 2.45) is 4.99 Å². The number of nitrogens with one attached hydrogen (secondary N) is 3. The van der Waals surface area contributed by atoms with E-state index in [2.05, 4.69) is 55.0 Å². The van der Waals surface area contributed by atoms with Crippen LogP contribution >= 0.6 is 24.0 Å². The lowest BCUT2D eigenvalue weighted by molar-refractivity contribution is 0.570. The van der Waals surface area contributed by atoms with Crippen molar-refractivity contribution in [3.05, 3.63) is 54.6 Å². The molecular formula is C18H25IN8. The maximum absolute atomic E-state index is 4.67. The molecule has 3 aromatic rings. The number of aliphatic imine (C=N–C) groups is 1. The molecule has 0 radical (unpaired) electrons. The molecular weight excluding hydrogens is 455 g/mol. The van der Waals surface area contributed by atoms with Crippen LogP contribution in [-0.4, -0.2) is 44.0 Å². The van der Waals surface area contributed by atoms with Gasteiger partial charge in [-0.2, -0.15) is 10.2 Å². The Morgan fingerprint density at radius 1 is 1.26 bits per heavy atom. The Morgan fingerprint density at radius 2 is 2.19 bits per heavy atom. The molecule has 0 aliphatic rings. The number of hydrogen-bond donors (Lipinski definition) is 3. The Balaban J connectivity index is 0.00000261. The summed E-state index contributed by atoms with van der Waals surface area (Å²) in [5.74, 6) is 1.58. The number of benzene rings is 1. The molecule has 0 aliphatic carbocycles. The zero-order valence-corrected chi connectivity index (χ0v) is 17.6. The highest BCUT2D eigenvalue weighted by Gasteiger charge is 2.02. The maximum atomic E-state index is 4.67. The molecule has 0 atom stereocenters. The van der Waals surface area contributed by atoms with Crippen LogP contribution in [-0.2, 0) is 13.1 Å². The molecule has 0 aliphatic heterocycles. The predicted molar refractivity (Wildman–Crippen MR) is 117 cm³/mol. The summed E-state index contributed by atoms with van der Waals surface area (Å²) in [6.45, 7) is 5.20. The normalized spacial score (nSPS) is 11.1. The molecule has 0 bridgehead atoms. The lowest BCUT2D eigenvalue weighted by Gasteiger charge is -2.11. The van der Waals surface area contributed by atoms with Crippen molar-refractivity contribution in [1.29, 1.82) is 0 Å². The minimum Gasteiger partial charge on any atom is -0.357 e. The van der Waals surface area contributed by atoms with E-state index in [-0.39, 0.29) is 24.0 Å². The number of H-pyrrole nitrogens is 1. The smallest absolute Gasteiger partial charge is 0.191 e. The molecule has 2 heterocycles. The Bertz CT molecular complexity index is 799. The van der Waals surface area contributed by atoms with Gasteiger partial charge in [-0.05, 0) is 31.0 Å². The van der Waals surface area contributed by atoms with Crippen molar-refractivity contribution in [2.75, 3.05) is 13.1 Å². The largest absolute Gasteiger partial charge is 0.357 e. The van der Waals surface area contributed by atoms with Gasteiger partial charge in [0.1, 0.15) is 6.33 Å². The minimum atomic E-state index is 0. The standard InChI is InChI=1S/C18H24N8.HI/c1-2-19-18(20-8-4-10-26-11-5-9-24-26)21-13-15-6-3-7-16(12-15)17-22-14-23-25-17;/h3,5-7,9,11-12,14H,2,4,8,10,13H2,1H3,(H2,19,20,21)(H,22,23,25);1H. The highest BCUT2D eigenvalue weighted by molar-refractivity contribution is 14.0. The van der Waals surface area contributed by atoms with Gasteiger partial charge in [-0.1, -0.05) is 18.2 Å². The molecule has 9 heteroatoms. The van der Waals surface area contributed by atoms with Gasteiger partial charge < -0.3 is 10.6 Å². The Labute approximate surface area is 175 Å². The number of halogens is 1. The number of aromatic amines is 1. The van der Waals surface area contributed by atoms with Crippen LogP contribution < -0.4 is 10.6 Å². The van der Waals surface area contributed by atoms with E-state index in [1.54, 1.807) is 6.20 Å². The molecule has 0 fully saturated rings. The second-order valence-corrected chi connectivity index (χ2v) is 5.78. The molecule has 3 N–H and O–H groups in total. The van der Waals surface area contributed by atoms with Gasteiger partial charge in [0.2, 0.25) is 0 Å². The summed E-state index contributed by atoms with van der Waals surface area (Å²) in [6, 6.07) is 10.1. The van der Waals surface area contributed by atoms with E-state index < -0.39 is 0 Å². The van der Waals surface area contributed by atoms with Crippen LogP contribution in [0.4, 0.5) is 0 Å². The van der Waals surface area contributed by atoms with Gasteiger partial charge in [-0.15, -0.1) is 24.0 Å². The molecule has 0 saturated heterocycles. The average Bonchev–Trinajstić information content (AvgIpc) is 3.37. The Kier molecular flexibility index (Phi) is 8.75. The lowest BCUT2D eigenvalue weighted by atomic mass is 10.1. The second-order valence-electron chi connectivity index (χ2n) is 5.78. The molecule has 144 valence electrons. The minimum absolute atomic E-state index is 0. The van der Waals surface area contributed by atoms with Crippen LogP contribution in [0, 0.1) is 0 Å². The molecule has 0 saturated carbocycles. The maximum Gasteiger partial charge on any atom is 0.191 e. The summed E-state index contributed by atoms with van der Waals surface area (Å²) in [5.41, 5.74) is 2.13. The zero-order valence-electron chi connectivity index (χ0n) is 15.3. The van der Waals surface area contributed by atoms with E-state index in [1.807, 2.05) is 29.1 Å². The number of nitrogens with zero attached hydrogens (tertiary/aromatic N) is 5. The van der Waals surface area contributed by atoms with Crippen molar-refractivity contribution in [3.8, 4) is 11.4 Å². The highest BCUT2D eigenvalue weighted by Crippen LogP contribution is 2.15. The number of aromatic nitrogens is 5. The molecule has 0 unspecified atom stereocenters. The fourth-order valence-corrected chi connectivity index (χ4v) is 2.55. The van der Waals surface area contributed by atoms with Crippen LogP contribution in [0.5, 0.6) is 0 Å². The van der Waals surface area contributed by atoms with Gasteiger partial charge in [-0.25, -0.2) is 9.98 Å². The van der Waals surface area contributed by atoms with Crippen LogP contribution in [0.25, 0.3) is 11.4 Å². The van der Waals surface area contributed by atoms with Crippen LogP contribution in [0.1, 0.15) is 18.9 Å². The second kappa shape index (κ2) is 11.3. The van der Waals surface area contributed by atoms with E-state index in [0.29, 0.717) is 6.54 Å². The molecule has 0 spiro atoms. The molecule has 1 aromatic carbocycles. The van der Waals surface area contributed by atoms with Crippen LogP contribution in [0.3, 0.4) is 0 Å². The fourth-order valence-electron chi connectivity index (χ4n) is 2.55. The van der Waals surface area contributed by atoms with Crippen molar-refractivity contribution < 1.29 is 0 Å². The monoisotopic (exact) mass is 480 g/mol. The first-order valence-electron chi connectivity index (χ1n) is 8.79. The molecule has 0 amide bonds. The quantitative estimate of drug-likeness (QED) is 0.199. The van der Waals surface area contributed by atoms with Gasteiger partial charge in [0.25, 0.3) is 0 Å². The average molecular weight is 480 g/mol. The van der Waals surface area contributed by atoms with Gasteiger partial charge in [0, 0.05) is 37.6 Å². The van der Waals surface area contributed by atoms with E-state index in [9.17, 15) is 0 Å². The third-order valence-corrected chi connectivity index (χ3v) is 3.80. The first kappa shape index (κ1) is 20.9. The van der Waals surface area contributed by atoms with Gasteiger partial charge in [0.15, 0.2) is 11.8 Å². The molecule has 2 aromatic heterocycles. The van der Waals surface area contributed by atoms with E-state index in [4.69, 9.17) is 0 Å². The summed E-state index contributed by atoms with van der Waals surface area (Å²) in [4.78, 5) is 8.86. The predicted octanol–water partition coefficient (Wildman–Crippen LogP) is 2.43. The van der Waals surface area contributed by atoms with Crippen LogP contribution in [0.15, 0.2) is 54.0 Å². The first-order valence-corrected chi connectivity index (χ1v) is 8.79. The Hall–Kier alpha value is -2.43. The number of aryl methyl sites for hydroxylation is 1. The van der Waals surface area contributed by atoms with Crippen molar-refractivity contribution in [3.63, 3.8) is 0 Å². The summed E-state index contributed by atoms with van der Waals surface area (Å²) in [5, 5.41) is 17.6. The molecule has 27 heavy (non-hydrogen) atoms. The highest BCUT2D eigenvalue weighted by atomic mass is 127. The summed E-state index contributed by atoms with van der Waals surface area (Å²) >= 11 is 0. The number of rotatable bonds is 8. The Morgan fingerprint density at radius 3 is 2.93 bits per heavy atom. The summed E-state index contributed by atoms with van der Waals surface area (Å²) in [6.07, 6.45) is 6.26. The topological polar surface area (TPSA) is 95.8 Å². The number of guanidine groups is 1. The number of hydrogen-bond acceptors (Lipinski definition) is 4. The molecule has 8 nitrogen and oxygen atoms in total. The van der Waals surface area contributed by atoms with Gasteiger partial charge in [0.05, 0.1) is 6.54 Å². The summed E-state index contributed by atoms with van der Waals surface area (Å²) < 4.78 is 1.93. The van der Waals surface area contributed by atoms with E-state index in [1.165, 1.54) is 6.33 Å². The van der Waals surface area contributed by atoms with Crippen molar-refractivity contribution in [2.45, 2.75) is 26.4 Å². The van der Waals surface area contributed by atoms with Crippen molar-refractivity contribution >= 4 is 29.9 Å². The third-order valence-electron chi connectivity index (χ3n) is 3.80. The van der Waals surface area contributed by atoms with Crippen molar-refractivity contribution in [1.82, 2.24) is 35.6 Å². The van der Waals surface area contributed by atoms with Crippen LogP contribution in [0.2, 0.25) is 0 Å². The lowest BCUT2D eigenvalue weighted by Crippen LogP contribution is -2.38. The van der Waals surface area contributed by atoms with Gasteiger partial charge >= 0.3 is 0 Å². The molecule has 3 rings (SSSR count). The van der Waals surface area contributed by atoms with Gasteiger partial charge in [-0.3, -0.25) is 9.78 Å². The van der Waals surface area contributed by atoms with E-state index in [0.717, 1.165) is 49.0 Å².